The highest BCUT2D eigenvalue weighted by Gasteiger charge is 2.36. The number of ether oxygens (including phenoxy) is 2. The highest BCUT2D eigenvalue weighted by Crippen LogP contribution is 2.25. The summed E-state index contributed by atoms with van der Waals surface area (Å²) in [6, 6.07) is 3.05. The van der Waals surface area contributed by atoms with E-state index < -0.39 is 48.2 Å². The van der Waals surface area contributed by atoms with Gasteiger partial charge in [-0.05, 0) is 46.6 Å². The van der Waals surface area contributed by atoms with Crippen molar-refractivity contribution < 1.29 is 33.8 Å². The molecule has 10 heteroatoms. The van der Waals surface area contributed by atoms with Crippen molar-refractivity contribution >= 4 is 23.9 Å². The van der Waals surface area contributed by atoms with E-state index in [0.717, 1.165) is 11.1 Å². The van der Waals surface area contributed by atoms with Crippen molar-refractivity contribution in [3.63, 3.8) is 0 Å². The van der Waals surface area contributed by atoms with Gasteiger partial charge in [-0.2, -0.15) is 0 Å². The number of alkyl carbamates (subject to hydrolysis) is 1. The lowest BCUT2D eigenvalue weighted by molar-refractivity contribution is -0.145. The predicted molar refractivity (Wildman–Crippen MR) is 126 cm³/mol. The maximum absolute atomic E-state index is 13.5. The topological polar surface area (TPSA) is 134 Å². The Labute approximate surface area is 201 Å². The van der Waals surface area contributed by atoms with Crippen LogP contribution in [0.2, 0.25) is 0 Å². The van der Waals surface area contributed by atoms with E-state index in [1.807, 2.05) is 26.8 Å². The summed E-state index contributed by atoms with van der Waals surface area (Å²) < 4.78 is 9.79. The Morgan fingerprint density at radius 3 is 2.15 bits per heavy atom. The third kappa shape index (κ3) is 9.01. The molecule has 0 aliphatic rings. The molecular weight excluding hydrogens is 442 g/mol. The fourth-order valence-corrected chi connectivity index (χ4v) is 3.41. The van der Waals surface area contributed by atoms with Gasteiger partial charge in [0.15, 0.2) is 0 Å². The second kappa shape index (κ2) is 12.9. The quantitative estimate of drug-likeness (QED) is 0.435. The molecule has 2 unspecified atom stereocenters. The van der Waals surface area contributed by atoms with Gasteiger partial charge in [-0.1, -0.05) is 36.2 Å². The lowest BCUT2D eigenvalue weighted by Crippen LogP contribution is -2.54. The summed E-state index contributed by atoms with van der Waals surface area (Å²) >= 11 is 0. The van der Waals surface area contributed by atoms with Crippen LogP contribution in [0, 0.1) is 13.8 Å². The van der Waals surface area contributed by atoms with Gasteiger partial charge >= 0.3 is 12.1 Å². The summed E-state index contributed by atoms with van der Waals surface area (Å²) in [6.45, 7) is 9.69. The molecule has 0 aliphatic heterocycles. The second-order valence-corrected chi connectivity index (χ2v) is 9.03. The van der Waals surface area contributed by atoms with Crippen LogP contribution in [0.25, 0.3) is 0 Å². The maximum atomic E-state index is 13.5. The fraction of sp³-hybridized carbons (Fsp3) is 0.583. The smallest absolute Gasteiger partial charge is 0.408 e. The number of nitrogens with one attached hydrogen (secondary N) is 2. The van der Waals surface area contributed by atoms with E-state index in [4.69, 9.17) is 4.74 Å². The van der Waals surface area contributed by atoms with Gasteiger partial charge in [0, 0.05) is 6.54 Å². The van der Waals surface area contributed by atoms with E-state index in [9.17, 15) is 24.3 Å². The van der Waals surface area contributed by atoms with Crippen molar-refractivity contribution in [2.75, 3.05) is 26.8 Å². The predicted octanol–water partition coefficient (Wildman–Crippen LogP) is 1.76. The molecule has 1 aromatic carbocycles. The van der Waals surface area contributed by atoms with Crippen LogP contribution in [0.4, 0.5) is 4.79 Å². The summed E-state index contributed by atoms with van der Waals surface area (Å²) in [6.07, 6.45) is -0.364. The first-order valence-electron chi connectivity index (χ1n) is 11.2. The Hall–Kier alpha value is -3.14. The Bertz CT molecular complexity index is 860. The van der Waals surface area contributed by atoms with Gasteiger partial charge < -0.3 is 30.1 Å². The second-order valence-electron chi connectivity index (χ2n) is 9.03. The number of aliphatic hydroxyl groups is 1. The molecule has 1 rings (SSSR count). The van der Waals surface area contributed by atoms with Crippen molar-refractivity contribution in [1.82, 2.24) is 15.5 Å². The van der Waals surface area contributed by atoms with Gasteiger partial charge in [0.1, 0.15) is 24.2 Å². The number of aliphatic hydroxyl groups excluding tert-OH is 1. The van der Waals surface area contributed by atoms with Gasteiger partial charge in [0.25, 0.3) is 0 Å². The largest absolute Gasteiger partial charge is 0.468 e. The number of hydrogen-bond donors (Lipinski definition) is 3. The molecule has 3 amide bonds. The summed E-state index contributed by atoms with van der Waals surface area (Å²) in [5, 5.41) is 14.8. The highest BCUT2D eigenvalue weighted by molar-refractivity contribution is 5.93. The number of carbonyl (C=O) groups excluding carboxylic acids is 4. The van der Waals surface area contributed by atoms with Crippen LogP contribution in [0.5, 0.6) is 0 Å². The third-order valence-corrected chi connectivity index (χ3v) is 4.67. The molecule has 0 bridgehead atoms. The van der Waals surface area contributed by atoms with E-state index in [1.54, 1.807) is 32.9 Å². The number of aryl methyl sites for hydroxylation is 2. The molecule has 1 aromatic rings. The van der Waals surface area contributed by atoms with E-state index in [1.165, 1.54) is 12.0 Å². The minimum atomic E-state index is -1.33. The molecule has 10 nitrogen and oxygen atoms in total. The summed E-state index contributed by atoms with van der Waals surface area (Å²) in [7, 11) is 1.21. The standard InChI is InChI=1S/C24H37N3O7/c1-8-9-27(22(31)18(14-28)26-23(32)34-24(4,5)6)20(21(30)25-13-19(29)33-7)17-11-15(2)10-16(3)12-17/h10-12,18,20,28H,8-9,13-14H2,1-7H3,(H,25,30)(H,26,32). The molecule has 0 saturated heterocycles. The van der Waals surface area contributed by atoms with Crippen molar-refractivity contribution in [1.29, 1.82) is 0 Å². The number of benzene rings is 1. The molecule has 190 valence electrons. The molecule has 0 radical (unpaired) electrons. The van der Waals surface area contributed by atoms with E-state index in [0.29, 0.717) is 12.0 Å². The summed E-state index contributed by atoms with van der Waals surface area (Å²) in [5.41, 5.74) is 1.51. The zero-order chi connectivity index (χ0) is 26.1. The van der Waals surface area contributed by atoms with Crippen molar-refractivity contribution in [3.05, 3.63) is 34.9 Å². The Kier molecular flexibility index (Phi) is 11.0. The number of rotatable bonds is 10. The van der Waals surface area contributed by atoms with Crippen LogP contribution in [0.15, 0.2) is 18.2 Å². The zero-order valence-electron chi connectivity index (χ0n) is 21.1. The van der Waals surface area contributed by atoms with E-state index >= 15 is 0 Å². The number of esters is 1. The molecule has 0 aliphatic carbocycles. The van der Waals surface area contributed by atoms with Crippen LogP contribution in [0.1, 0.15) is 56.8 Å². The zero-order valence-corrected chi connectivity index (χ0v) is 21.1. The first-order chi connectivity index (χ1) is 15.8. The molecular formula is C24H37N3O7. The number of methoxy groups -OCH3 is 1. The average molecular weight is 480 g/mol. The Morgan fingerprint density at radius 2 is 1.68 bits per heavy atom. The molecule has 34 heavy (non-hydrogen) atoms. The summed E-state index contributed by atoms with van der Waals surface area (Å²) in [4.78, 5) is 51.8. The number of carbonyl (C=O) groups is 4. The van der Waals surface area contributed by atoms with Crippen LogP contribution in [-0.2, 0) is 23.9 Å². The van der Waals surface area contributed by atoms with Crippen molar-refractivity contribution in [2.24, 2.45) is 0 Å². The first-order valence-corrected chi connectivity index (χ1v) is 11.2. The van der Waals surface area contributed by atoms with Gasteiger partial charge in [-0.25, -0.2) is 4.79 Å². The van der Waals surface area contributed by atoms with Crippen LogP contribution >= 0.6 is 0 Å². The minimum absolute atomic E-state index is 0.161. The van der Waals surface area contributed by atoms with Crippen LogP contribution < -0.4 is 10.6 Å². The number of amides is 3. The minimum Gasteiger partial charge on any atom is -0.468 e. The monoisotopic (exact) mass is 479 g/mol. The normalized spacial score (nSPS) is 12.8. The molecule has 0 fully saturated rings. The van der Waals surface area contributed by atoms with Crippen molar-refractivity contribution in [2.45, 2.75) is 65.6 Å². The number of hydrogen-bond acceptors (Lipinski definition) is 7. The SMILES string of the molecule is CCCN(C(=O)C(CO)NC(=O)OC(C)(C)C)C(C(=O)NCC(=O)OC)c1cc(C)cc(C)c1. The Morgan fingerprint density at radius 1 is 1.09 bits per heavy atom. The van der Waals surface area contributed by atoms with E-state index in [-0.39, 0.29) is 13.1 Å². The van der Waals surface area contributed by atoms with Gasteiger partial charge in [-0.15, -0.1) is 0 Å². The molecule has 2 atom stereocenters. The maximum Gasteiger partial charge on any atom is 0.408 e. The summed E-state index contributed by atoms with van der Waals surface area (Å²) in [5.74, 6) is -1.89. The number of nitrogens with zero attached hydrogens (tertiary/aromatic N) is 1. The van der Waals surface area contributed by atoms with Crippen molar-refractivity contribution in [3.8, 4) is 0 Å². The highest BCUT2D eigenvalue weighted by atomic mass is 16.6. The van der Waals surface area contributed by atoms with Crippen LogP contribution in [0.3, 0.4) is 0 Å². The van der Waals surface area contributed by atoms with E-state index in [2.05, 4.69) is 15.4 Å². The third-order valence-electron chi connectivity index (χ3n) is 4.67. The Balaban J connectivity index is 3.37. The average Bonchev–Trinajstić information content (AvgIpc) is 2.73. The molecule has 0 heterocycles. The molecule has 0 saturated carbocycles. The molecule has 3 N–H and O–H groups in total. The van der Waals surface area contributed by atoms with Crippen LogP contribution in [-0.4, -0.2) is 72.3 Å². The lowest BCUT2D eigenvalue weighted by atomic mass is 9.98. The lowest BCUT2D eigenvalue weighted by Gasteiger charge is -2.34. The van der Waals surface area contributed by atoms with Gasteiger partial charge in [0.05, 0.1) is 13.7 Å². The van der Waals surface area contributed by atoms with Gasteiger partial charge in [0.2, 0.25) is 11.8 Å². The molecule has 0 spiro atoms. The first kappa shape index (κ1) is 28.9. The fourth-order valence-electron chi connectivity index (χ4n) is 3.41. The van der Waals surface area contributed by atoms with Gasteiger partial charge in [-0.3, -0.25) is 14.4 Å². The molecule has 0 aromatic heterocycles.